The first kappa shape index (κ1) is 22.5. The first-order valence-corrected chi connectivity index (χ1v) is 10.2. The summed E-state index contributed by atoms with van der Waals surface area (Å²) in [5, 5.41) is 0. The van der Waals surface area contributed by atoms with E-state index in [1.54, 1.807) is 6.07 Å². The van der Waals surface area contributed by atoms with Crippen LogP contribution >= 0.6 is 0 Å². The van der Waals surface area contributed by atoms with Crippen molar-refractivity contribution in [3.8, 4) is 16.9 Å². The van der Waals surface area contributed by atoms with Crippen LogP contribution in [-0.4, -0.2) is 12.8 Å². The van der Waals surface area contributed by atoms with Gasteiger partial charge in [-0.25, -0.2) is 8.78 Å². The standard InChI is InChI=1S/C23H24F6O/c1-2-3-14-4-6-15(7-5-14)17-9-8-16(12-19(17)24)18-10-11-20(22(26)21(18)25)30-13-23(27,28)29/h8-12,14-15H,2-7,13H2,1H3. The van der Waals surface area contributed by atoms with Crippen molar-refractivity contribution in [2.45, 2.75) is 57.5 Å². The van der Waals surface area contributed by atoms with Crippen molar-refractivity contribution in [2.75, 3.05) is 6.61 Å². The maximum absolute atomic E-state index is 14.8. The van der Waals surface area contributed by atoms with Crippen LogP contribution < -0.4 is 4.74 Å². The molecule has 0 atom stereocenters. The maximum atomic E-state index is 14.8. The SMILES string of the molecule is CCCC1CCC(c2ccc(-c3ccc(OCC(F)(F)F)c(F)c3F)cc2F)CC1. The fourth-order valence-corrected chi connectivity index (χ4v) is 4.22. The normalized spacial score (nSPS) is 19.7. The van der Waals surface area contributed by atoms with Crippen molar-refractivity contribution in [3.63, 3.8) is 0 Å². The van der Waals surface area contributed by atoms with Gasteiger partial charge in [-0.2, -0.15) is 17.6 Å². The second kappa shape index (κ2) is 9.31. The summed E-state index contributed by atoms with van der Waals surface area (Å²) >= 11 is 0. The molecule has 1 saturated carbocycles. The Balaban J connectivity index is 1.77. The minimum absolute atomic E-state index is 0.104. The predicted molar refractivity (Wildman–Crippen MR) is 103 cm³/mol. The van der Waals surface area contributed by atoms with Crippen LogP contribution in [0.5, 0.6) is 5.75 Å². The number of alkyl halides is 3. The van der Waals surface area contributed by atoms with E-state index < -0.39 is 36.0 Å². The molecule has 164 valence electrons. The lowest BCUT2D eigenvalue weighted by Gasteiger charge is -2.29. The Morgan fingerprint density at radius 3 is 2.23 bits per heavy atom. The third-order valence-electron chi connectivity index (χ3n) is 5.73. The molecule has 3 rings (SSSR count). The zero-order chi connectivity index (χ0) is 21.9. The average molecular weight is 430 g/mol. The Labute approximate surface area is 172 Å². The lowest BCUT2D eigenvalue weighted by molar-refractivity contribution is -0.153. The van der Waals surface area contributed by atoms with Crippen molar-refractivity contribution >= 4 is 0 Å². The minimum Gasteiger partial charge on any atom is -0.481 e. The Kier molecular flexibility index (Phi) is 6.98. The highest BCUT2D eigenvalue weighted by atomic mass is 19.4. The Hall–Kier alpha value is -2.18. The molecular weight excluding hydrogens is 406 g/mol. The van der Waals surface area contributed by atoms with Gasteiger partial charge in [0.1, 0.15) is 5.82 Å². The number of rotatable bonds is 6. The topological polar surface area (TPSA) is 9.23 Å². The van der Waals surface area contributed by atoms with Gasteiger partial charge < -0.3 is 4.74 Å². The Morgan fingerprint density at radius 2 is 1.63 bits per heavy atom. The molecule has 7 heteroatoms. The molecule has 0 aromatic heterocycles. The maximum Gasteiger partial charge on any atom is 0.422 e. The highest BCUT2D eigenvalue weighted by molar-refractivity contribution is 5.66. The first-order valence-electron chi connectivity index (χ1n) is 10.2. The Bertz CT molecular complexity index is 869. The second-order valence-electron chi connectivity index (χ2n) is 7.89. The minimum atomic E-state index is -4.67. The fourth-order valence-electron chi connectivity index (χ4n) is 4.22. The highest BCUT2D eigenvalue weighted by Gasteiger charge is 2.30. The summed E-state index contributed by atoms with van der Waals surface area (Å²) in [4.78, 5) is 0. The van der Waals surface area contributed by atoms with Crippen LogP contribution in [0.1, 0.15) is 56.9 Å². The summed E-state index contributed by atoms with van der Waals surface area (Å²) in [5.74, 6) is -3.44. The van der Waals surface area contributed by atoms with Crippen molar-refractivity contribution in [1.82, 2.24) is 0 Å². The quantitative estimate of drug-likeness (QED) is 0.425. The van der Waals surface area contributed by atoms with E-state index in [4.69, 9.17) is 0 Å². The first-order chi connectivity index (χ1) is 14.2. The number of ether oxygens (including phenoxy) is 1. The van der Waals surface area contributed by atoms with Gasteiger partial charge >= 0.3 is 6.18 Å². The number of hydrogen-bond donors (Lipinski definition) is 0. The fraction of sp³-hybridized carbons (Fsp3) is 0.478. The van der Waals surface area contributed by atoms with Crippen molar-refractivity contribution in [3.05, 3.63) is 53.3 Å². The summed E-state index contributed by atoms with van der Waals surface area (Å²) in [7, 11) is 0. The molecule has 1 aliphatic rings. The molecule has 0 aliphatic heterocycles. The zero-order valence-corrected chi connectivity index (χ0v) is 16.7. The summed E-state index contributed by atoms with van der Waals surface area (Å²) in [6, 6.07) is 6.28. The average Bonchev–Trinajstić information content (AvgIpc) is 2.69. The third-order valence-corrected chi connectivity index (χ3v) is 5.73. The Morgan fingerprint density at radius 1 is 0.933 bits per heavy atom. The molecule has 0 N–H and O–H groups in total. The molecule has 2 aromatic carbocycles. The molecule has 0 amide bonds. The summed E-state index contributed by atoms with van der Waals surface area (Å²) in [6.45, 7) is 0.425. The van der Waals surface area contributed by atoms with Crippen molar-refractivity contribution < 1.29 is 31.1 Å². The van der Waals surface area contributed by atoms with Crippen molar-refractivity contribution in [1.29, 1.82) is 0 Å². The monoisotopic (exact) mass is 430 g/mol. The van der Waals surface area contributed by atoms with E-state index >= 15 is 0 Å². The van der Waals surface area contributed by atoms with E-state index in [0.29, 0.717) is 11.5 Å². The van der Waals surface area contributed by atoms with E-state index in [-0.39, 0.29) is 17.0 Å². The zero-order valence-electron chi connectivity index (χ0n) is 16.7. The molecule has 1 aliphatic carbocycles. The molecule has 30 heavy (non-hydrogen) atoms. The second-order valence-corrected chi connectivity index (χ2v) is 7.89. The van der Waals surface area contributed by atoms with Crippen LogP contribution in [0.3, 0.4) is 0 Å². The van der Waals surface area contributed by atoms with Crippen LogP contribution in [-0.2, 0) is 0 Å². The van der Waals surface area contributed by atoms with Gasteiger partial charge in [0.15, 0.2) is 18.2 Å². The number of hydrogen-bond acceptors (Lipinski definition) is 1. The highest BCUT2D eigenvalue weighted by Crippen LogP contribution is 2.39. The summed E-state index contributed by atoms with van der Waals surface area (Å²) in [6.07, 6.45) is 1.56. The van der Waals surface area contributed by atoms with Crippen LogP contribution in [0.25, 0.3) is 11.1 Å². The molecule has 1 fully saturated rings. The van der Waals surface area contributed by atoms with Crippen LogP contribution in [0.15, 0.2) is 30.3 Å². The van der Waals surface area contributed by atoms with Crippen molar-refractivity contribution in [2.24, 2.45) is 5.92 Å². The van der Waals surface area contributed by atoms with Gasteiger partial charge in [-0.05, 0) is 66.8 Å². The summed E-state index contributed by atoms with van der Waals surface area (Å²) < 4.78 is 84.3. The van der Waals surface area contributed by atoms with Gasteiger partial charge in [0.25, 0.3) is 0 Å². The molecule has 0 heterocycles. The van der Waals surface area contributed by atoms with E-state index in [9.17, 15) is 26.3 Å². The van der Waals surface area contributed by atoms with Crippen LogP contribution in [0.2, 0.25) is 0 Å². The molecular formula is C23H24F6O. The van der Waals surface area contributed by atoms with Gasteiger partial charge in [0.05, 0.1) is 0 Å². The van der Waals surface area contributed by atoms with Crippen LogP contribution in [0.4, 0.5) is 26.3 Å². The summed E-state index contributed by atoms with van der Waals surface area (Å²) in [5.41, 5.74) is 0.457. The molecule has 1 nitrogen and oxygen atoms in total. The van der Waals surface area contributed by atoms with Gasteiger partial charge in [-0.3, -0.25) is 0 Å². The van der Waals surface area contributed by atoms with Crippen LogP contribution in [0, 0.1) is 23.4 Å². The third kappa shape index (κ3) is 5.29. The molecule has 0 saturated heterocycles. The lowest BCUT2D eigenvalue weighted by atomic mass is 9.77. The molecule has 0 unspecified atom stereocenters. The van der Waals surface area contributed by atoms with Gasteiger partial charge in [-0.15, -0.1) is 0 Å². The molecule has 0 spiro atoms. The molecule has 0 radical (unpaired) electrons. The smallest absolute Gasteiger partial charge is 0.422 e. The largest absolute Gasteiger partial charge is 0.481 e. The van der Waals surface area contributed by atoms with Gasteiger partial charge in [0, 0.05) is 5.56 Å². The van der Waals surface area contributed by atoms with Gasteiger partial charge in [0.2, 0.25) is 5.82 Å². The predicted octanol–water partition coefficient (Wildman–Crippen LogP) is 7.79. The number of benzene rings is 2. The van der Waals surface area contributed by atoms with E-state index in [0.717, 1.165) is 50.3 Å². The van der Waals surface area contributed by atoms with E-state index in [2.05, 4.69) is 11.7 Å². The van der Waals surface area contributed by atoms with E-state index in [1.165, 1.54) is 12.5 Å². The molecule has 0 bridgehead atoms. The van der Waals surface area contributed by atoms with Gasteiger partial charge in [-0.1, -0.05) is 31.9 Å². The number of halogens is 6. The molecule has 2 aromatic rings. The lowest BCUT2D eigenvalue weighted by Crippen LogP contribution is -2.19. The van der Waals surface area contributed by atoms with E-state index in [1.807, 2.05) is 0 Å².